The van der Waals surface area contributed by atoms with Crippen LogP contribution in [0.2, 0.25) is 5.02 Å². The summed E-state index contributed by atoms with van der Waals surface area (Å²) in [5.41, 5.74) is 5.40. The largest absolute Gasteiger partial charge is 0.340 e. The van der Waals surface area contributed by atoms with Gasteiger partial charge in [0.05, 0.1) is 16.0 Å². The topological polar surface area (TPSA) is 46.0 Å². The van der Waals surface area contributed by atoms with E-state index in [0.29, 0.717) is 5.02 Å². The quantitative estimate of drug-likeness (QED) is 0.503. The van der Waals surface area contributed by atoms with E-state index >= 15 is 0 Å². The summed E-state index contributed by atoms with van der Waals surface area (Å²) in [5.74, 6) is 0. The van der Waals surface area contributed by atoms with Crippen molar-refractivity contribution < 1.29 is 0 Å². The lowest BCUT2D eigenvalue weighted by Crippen LogP contribution is -1.98. The number of nitrogens with zero attached hydrogens (tertiary/aromatic N) is 3. The van der Waals surface area contributed by atoms with Gasteiger partial charge in [0.15, 0.2) is 5.16 Å². The Hall–Kier alpha value is -2.24. The lowest BCUT2D eigenvalue weighted by Gasteiger charge is -2.13. The summed E-state index contributed by atoms with van der Waals surface area (Å²) >= 11 is 7.85. The van der Waals surface area contributed by atoms with Crippen LogP contribution in [-0.2, 0) is 0 Å². The standard InChI is InChI=1S/C19H17ClN4S/c1-12-3-5-14(6-4-12)17(25-19-21-7-8-22-19)16-11-24-10-15(20)9-13(2)18(24)23-16/h3-11,17H,1-2H3,(H,21,22). The molecular formula is C19H17ClN4S. The highest BCUT2D eigenvalue weighted by Gasteiger charge is 2.21. The molecule has 6 heteroatoms. The van der Waals surface area contributed by atoms with E-state index in [4.69, 9.17) is 16.6 Å². The first kappa shape index (κ1) is 16.2. The van der Waals surface area contributed by atoms with E-state index in [9.17, 15) is 0 Å². The van der Waals surface area contributed by atoms with E-state index in [1.807, 2.05) is 29.8 Å². The van der Waals surface area contributed by atoms with Crippen LogP contribution in [0.25, 0.3) is 5.65 Å². The number of benzene rings is 1. The fourth-order valence-corrected chi connectivity index (χ4v) is 4.12. The number of fused-ring (bicyclic) bond motifs is 1. The predicted molar refractivity (Wildman–Crippen MR) is 102 cm³/mol. The van der Waals surface area contributed by atoms with Gasteiger partial charge in [-0.1, -0.05) is 53.2 Å². The van der Waals surface area contributed by atoms with Crippen LogP contribution in [0, 0.1) is 13.8 Å². The molecule has 4 aromatic rings. The van der Waals surface area contributed by atoms with E-state index in [0.717, 1.165) is 22.1 Å². The van der Waals surface area contributed by atoms with Crippen molar-refractivity contribution in [3.63, 3.8) is 0 Å². The van der Waals surface area contributed by atoms with Gasteiger partial charge in [-0.2, -0.15) is 0 Å². The molecule has 0 bridgehead atoms. The van der Waals surface area contributed by atoms with Gasteiger partial charge in [-0.3, -0.25) is 0 Å². The summed E-state index contributed by atoms with van der Waals surface area (Å²) < 4.78 is 2.00. The molecule has 0 aliphatic rings. The number of rotatable bonds is 4. The second-order valence-electron chi connectivity index (χ2n) is 6.04. The lowest BCUT2D eigenvalue weighted by molar-refractivity contribution is 1.02. The average molecular weight is 369 g/mol. The zero-order valence-electron chi connectivity index (χ0n) is 13.9. The highest BCUT2D eigenvalue weighted by atomic mass is 35.5. The summed E-state index contributed by atoms with van der Waals surface area (Å²) in [6.07, 6.45) is 7.54. The molecule has 1 atom stereocenters. The number of H-pyrrole nitrogens is 1. The van der Waals surface area contributed by atoms with Gasteiger partial charge in [-0.25, -0.2) is 9.97 Å². The second-order valence-corrected chi connectivity index (χ2v) is 7.57. The minimum Gasteiger partial charge on any atom is -0.340 e. The number of imidazole rings is 2. The molecule has 0 saturated heterocycles. The summed E-state index contributed by atoms with van der Waals surface area (Å²) in [5, 5.41) is 1.63. The van der Waals surface area contributed by atoms with Crippen LogP contribution in [0.15, 0.2) is 60.3 Å². The van der Waals surface area contributed by atoms with Gasteiger partial charge in [0.25, 0.3) is 0 Å². The Labute approximate surface area is 155 Å². The fourth-order valence-electron chi connectivity index (χ4n) is 2.84. The molecule has 0 saturated carbocycles. The first-order chi connectivity index (χ1) is 12.1. The Morgan fingerprint density at radius 1 is 1.16 bits per heavy atom. The minimum atomic E-state index is 0.0461. The number of nitrogens with one attached hydrogen (secondary N) is 1. The average Bonchev–Trinajstić information content (AvgIpc) is 3.23. The molecule has 0 aliphatic carbocycles. The third-order valence-corrected chi connectivity index (χ3v) is 5.47. The Bertz CT molecular complexity index is 1010. The maximum Gasteiger partial charge on any atom is 0.166 e. The molecule has 1 N–H and O–H groups in total. The van der Waals surface area contributed by atoms with E-state index in [-0.39, 0.29) is 5.25 Å². The number of aromatic nitrogens is 4. The third kappa shape index (κ3) is 3.30. The second kappa shape index (κ2) is 6.58. The molecule has 126 valence electrons. The normalized spacial score (nSPS) is 12.6. The molecule has 0 spiro atoms. The predicted octanol–water partition coefficient (Wildman–Crippen LogP) is 5.21. The van der Waals surface area contributed by atoms with Crippen LogP contribution in [0.4, 0.5) is 0 Å². The van der Waals surface area contributed by atoms with E-state index in [2.05, 4.69) is 47.4 Å². The van der Waals surface area contributed by atoms with Crippen molar-refractivity contribution in [2.45, 2.75) is 24.3 Å². The number of aryl methyl sites for hydroxylation is 2. The molecule has 1 aromatic carbocycles. The smallest absolute Gasteiger partial charge is 0.166 e. The van der Waals surface area contributed by atoms with Crippen molar-refractivity contribution in [2.75, 3.05) is 0 Å². The number of thioether (sulfide) groups is 1. The van der Waals surface area contributed by atoms with Crippen molar-refractivity contribution in [3.05, 3.63) is 82.5 Å². The molecule has 3 heterocycles. The van der Waals surface area contributed by atoms with Crippen molar-refractivity contribution in [2.24, 2.45) is 0 Å². The Balaban J connectivity index is 1.82. The van der Waals surface area contributed by atoms with Crippen LogP contribution in [-0.4, -0.2) is 19.4 Å². The molecule has 0 aliphatic heterocycles. The van der Waals surface area contributed by atoms with Gasteiger partial charge in [-0.05, 0) is 31.0 Å². The number of pyridine rings is 1. The molecule has 0 amide bonds. The van der Waals surface area contributed by atoms with Crippen LogP contribution in [0.3, 0.4) is 0 Å². The maximum absolute atomic E-state index is 6.19. The molecule has 0 fully saturated rings. The molecule has 0 radical (unpaired) electrons. The SMILES string of the molecule is Cc1ccc(C(Sc2ncc[nH]2)c2cn3cc(Cl)cc(C)c3n2)cc1. The zero-order chi connectivity index (χ0) is 17.4. The van der Waals surface area contributed by atoms with Crippen molar-refractivity contribution in [1.29, 1.82) is 0 Å². The monoisotopic (exact) mass is 368 g/mol. The highest BCUT2D eigenvalue weighted by Crippen LogP contribution is 2.39. The lowest BCUT2D eigenvalue weighted by atomic mass is 10.1. The molecular weight excluding hydrogens is 352 g/mol. The van der Waals surface area contributed by atoms with Crippen LogP contribution in [0.5, 0.6) is 0 Å². The van der Waals surface area contributed by atoms with Gasteiger partial charge in [0, 0.05) is 24.8 Å². The molecule has 3 aromatic heterocycles. The van der Waals surface area contributed by atoms with Gasteiger partial charge in [0.1, 0.15) is 5.65 Å². The van der Waals surface area contributed by atoms with Crippen LogP contribution in [0.1, 0.15) is 27.6 Å². The van der Waals surface area contributed by atoms with Crippen LogP contribution < -0.4 is 0 Å². The van der Waals surface area contributed by atoms with Crippen molar-refractivity contribution in [1.82, 2.24) is 19.4 Å². The minimum absolute atomic E-state index is 0.0461. The van der Waals surface area contributed by atoms with E-state index in [1.54, 1.807) is 18.0 Å². The molecule has 4 nitrogen and oxygen atoms in total. The van der Waals surface area contributed by atoms with E-state index in [1.165, 1.54) is 11.1 Å². The van der Waals surface area contributed by atoms with Gasteiger partial charge in [-0.15, -0.1) is 0 Å². The summed E-state index contributed by atoms with van der Waals surface area (Å²) in [4.78, 5) is 12.4. The fraction of sp³-hybridized carbons (Fsp3) is 0.158. The number of halogens is 1. The van der Waals surface area contributed by atoms with Crippen molar-refractivity contribution in [3.8, 4) is 0 Å². The highest BCUT2D eigenvalue weighted by molar-refractivity contribution is 7.99. The number of hydrogen-bond acceptors (Lipinski definition) is 3. The molecule has 1 unspecified atom stereocenters. The van der Waals surface area contributed by atoms with Gasteiger partial charge >= 0.3 is 0 Å². The third-order valence-electron chi connectivity index (χ3n) is 4.07. The Morgan fingerprint density at radius 3 is 2.68 bits per heavy atom. The van der Waals surface area contributed by atoms with Crippen molar-refractivity contribution >= 4 is 29.0 Å². The molecule has 25 heavy (non-hydrogen) atoms. The van der Waals surface area contributed by atoms with E-state index < -0.39 is 0 Å². The number of aromatic amines is 1. The first-order valence-electron chi connectivity index (χ1n) is 7.97. The summed E-state index contributed by atoms with van der Waals surface area (Å²) in [6.45, 7) is 4.12. The Morgan fingerprint density at radius 2 is 1.96 bits per heavy atom. The number of hydrogen-bond donors (Lipinski definition) is 1. The molecule has 4 rings (SSSR count). The Kier molecular flexibility index (Phi) is 4.27. The first-order valence-corrected chi connectivity index (χ1v) is 9.23. The van der Waals surface area contributed by atoms with Crippen LogP contribution >= 0.6 is 23.4 Å². The summed E-state index contributed by atoms with van der Waals surface area (Å²) in [7, 11) is 0. The zero-order valence-corrected chi connectivity index (χ0v) is 15.5. The maximum atomic E-state index is 6.19. The van der Waals surface area contributed by atoms with Gasteiger partial charge < -0.3 is 9.38 Å². The van der Waals surface area contributed by atoms with Gasteiger partial charge in [0.2, 0.25) is 0 Å². The summed E-state index contributed by atoms with van der Waals surface area (Å²) in [6, 6.07) is 10.5.